The molecule has 0 amide bonds. The molecule has 0 aliphatic heterocycles. The van der Waals surface area contributed by atoms with Gasteiger partial charge in [0.15, 0.2) is 0 Å². The van der Waals surface area contributed by atoms with Crippen molar-refractivity contribution < 1.29 is 0 Å². The Morgan fingerprint density at radius 1 is 0.929 bits per heavy atom. The van der Waals surface area contributed by atoms with Gasteiger partial charge in [0.2, 0.25) is 0 Å². The SMILES string of the molecule is CCCC(C)(C)C(C)CCC(C)(C)C. The van der Waals surface area contributed by atoms with E-state index in [1.54, 1.807) is 0 Å². The van der Waals surface area contributed by atoms with Gasteiger partial charge in [0.1, 0.15) is 0 Å². The molecule has 0 aliphatic rings. The van der Waals surface area contributed by atoms with Crippen molar-refractivity contribution in [3.8, 4) is 0 Å². The summed E-state index contributed by atoms with van der Waals surface area (Å²) >= 11 is 0. The summed E-state index contributed by atoms with van der Waals surface area (Å²) in [5.41, 5.74) is 1.02. The largest absolute Gasteiger partial charge is 0.0654 e. The van der Waals surface area contributed by atoms with E-state index in [2.05, 4.69) is 48.5 Å². The zero-order chi connectivity index (χ0) is 11.4. The first-order chi connectivity index (χ1) is 6.19. The maximum absolute atomic E-state index is 2.42. The highest BCUT2D eigenvalue weighted by Gasteiger charge is 2.25. The average molecular weight is 198 g/mol. The molecule has 86 valence electrons. The van der Waals surface area contributed by atoms with Crippen LogP contribution in [0.3, 0.4) is 0 Å². The second-order valence-electron chi connectivity index (χ2n) is 6.74. The first kappa shape index (κ1) is 14.0. The third kappa shape index (κ3) is 5.67. The van der Waals surface area contributed by atoms with Crippen LogP contribution in [0.5, 0.6) is 0 Å². The summed E-state index contributed by atoms with van der Waals surface area (Å²) in [5, 5.41) is 0. The standard InChI is InChI=1S/C14H30/c1-8-10-14(6,7)12(2)9-11-13(3,4)5/h12H,8-11H2,1-7H3. The van der Waals surface area contributed by atoms with Crippen molar-refractivity contribution in [2.45, 2.75) is 74.1 Å². The Hall–Kier alpha value is 0. The van der Waals surface area contributed by atoms with Crippen LogP contribution in [0.15, 0.2) is 0 Å². The minimum atomic E-state index is 0.497. The van der Waals surface area contributed by atoms with Crippen molar-refractivity contribution in [3.63, 3.8) is 0 Å². The topological polar surface area (TPSA) is 0 Å². The maximum atomic E-state index is 2.42. The van der Waals surface area contributed by atoms with E-state index in [0.29, 0.717) is 10.8 Å². The van der Waals surface area contributed by atoms with Crippen molar-refractivity contribution in [1.82, 2.24) is 0 Å². The van der Waals surface area contributed by atoms with Gasteiger partial charge in [-0.05, 0) is 36.0 Å². The fourth-order valence-corrected chi connectivity index (χ4v) is 1.93. The van der Waals surface area contributed by atoms with Gasteiger partial charge in [-0.1, -0.05) is 54.9 Å². The molecule has 14 heavy (non-hydrogen) atoms. The van der Waals surface area contributed by atoms with E-state index in [1.807, 2.05) is 0 Å². The van der Waals surface area contributed by atoms with E-state index in [9.17, 15) is 0 Å². The molecule has 0 aromatic rings. The molecule has 0 nitrogen and oxygen atoms in total. The minimum absolute atomic E-state index is 0.497. The Morgan fingerprint density at radius 2 is 1.43 bits per heavy atom. The highest BCUT2D eigenvalue weighted by Crippen LogP contribution is 2.36. The molecular weight excluding hydrogens is 168 g/mol. The van der Waals surface area contributed by atoms with Crippen molar-refractivity contribution in [1.29, 1.82) is 0 Å². The molecule has 0 heterocycles. The molecule has 0 bridgehead atoms. The van der Waals surface area contributed by atoms with Crippen LogP contribution in [-0.4, -0.2) is 0 Å². The zero-order valence-electron chi connectivity index (χ0n) is 11.4. The van der Waals surface area contributed by atoms with Crippen LogP contribution in [0.4, 0.5) is 0 Å². The summed E-state index contributed by atoms with van der Waals surface area (Å²) in [6.07, 6.45) is 5.39. The lowest BCUT2D eigenvalue weighted by Crippen LogP contribution is -2.22. The van der Waals surface area contributed by atoms with Gasteiger partial charge in [0.05, 0.1) is 0 Å². The maximum Gasteiger partial charge on any atom is -0.0329 e. The molecule has 0 aromatic carbocycles. The summed E-state index contributed by atoms with van der Waals surface area (Å²) in [7, 11) is 0. The molecule has 0 N–H and O–H groups in total. The van der Waals surface area contributed by atoms with Gasteiger partial charge in [0.25, 0.3) is 0 Å². The monoisotopic (exact) mass is 198 g/mol. The predicted molar refractivity (Wildman–Crippen MR) is 66.5 cm³/mol. The summed E-state index contributed by atoms with van der Waals surface area (Å²) in [6, 6.07) is 0. The first-order valence-electron chi connectivity index (χ1n) is 6.19. The van der Waals surface area contributed by atoms with E-state index < -0.39 is 0 Å². The fourth-order valence-electron chi connectivity index (χ4n) is 1.93. The Labute approximate surface area is 91.5 Å². The third-order valence-corrected chi connectivity index (χ3v) is 3.56. The van der Waals surface area contributed by atoms with E-state index in [4.69, 9.17) is 0 Å². The van der Waals surface area contributed by atoms with Crippen LogP contribution in [0.1, 0.15) is 74.1 Å². The molecule has 0 aromatic heterocycles. The second-order valence-corrected chi connectivity index (χ2v) is 6.74. The van der Waals surface area contributed by atoms with E-state index in [-0.39, 0.29) is 0 Å². The molecule has 0 fully saturated rings. The Bertz CT molecular complexity index is 148. The lowest BCUT2D eigenvalue weighted by molar-refractivity contribution is 0.177. The van der Waals surface area contributed by atoms with Gasteiger partial charge in [-0.3, -0.25) is 0 Å². The van der Waals surface area contributed by atoms with E-state index in [1.165, 1.54) is 25.7 Å². The van der Waals surface area contributed by atoms with E-state index in [0.717, 1.165) is 5.92 Å². The van der Waals surface area contributed by atoms with Gasteiger partial charge >= 0.3 is 0 Å². The van der Waals surface area contributed by atoms with Gasteiger partial charge in [-0.2, -0.15) is 0 Å². The number of hydrogen-bond acceptors (Lipinski definition) is 0. The first-order valence-corrected chi connectivity index (χ1v) is 6.19. The molecule has 1 unspecified atom stereocenters. The van der Waals surface area contributed by atoms with Crippen LogP contribution in [0, 0.1) is 16.7 Å². The van der Waals surface area contributed by atoms with Gasteiger partial charge in [-0.15, -0.1) is 0 Å². The summed E-state index contributed by atoms with van der Waals surface area (Å²) in [4.78, 5) is 0. The molecule has 0 rings (SSSR count). The number of hydrogen-bond donors (Lipinski definition) is 0. The molecular formula is C14H30. The fraction of sp³-hybridized carbons (Fsp3) is 1.00. The Kier molecular flexibility index (Phi) is 5.19. The quantitative estimate of drug-likeness (QED) is 0.564. The summed E-state index contributed by atoms with van der Waals surface area (Å²) in [5.74, 6) is 0.849. The van der Waals surface area contributed by atoms with Crippen LogP contribution in [0.2, 0.25) is 0 Å². The van der Waals surface area contributed by atoms with Crippen molar-refractivity contribution >= 4 is 0 Å². The van der Waals surface area contributed by atoms with Crippen molar-refractivity contribution in [2.75, 3.05) is 0 Å². The molecule has 0 saturated heterocycles. The lowest BCUT2D eigenvalue weighted by Gasteiger charge is -2.33. The zero-order valence-corrected chi connectivity index (χ0v) is 11.4. The smallest absolute Gasteiger partial charge is 0.0329 e. The predicted octanol–water partition coefficient (Wildman–Crippen LogP) is 5.28. The van der Waals surface area contributed by atoms with E-state index >= 15 is 0 Å². The highest BCUT2D eigenvalue weighted by atomic mass is 14.3. The van der Waals surface area contributed by atoms with Crippen LogP contribution in [0.25, 0.3) is 0 Å². The second kappa shape index (κ2) is 5.19. The molecule has 0 aliphatic carbocycles. The summed E-state index contributed by atoms with van der Waals surface area (Å²) < 4.78 is 0. The van der Waals surface area contributed by atoms with Crippen LogP contribution in [-0.2, 0) is 0 Å². The summed E-state index contributed by atoms with van der Waals surface area (Å²) in [6.45, 7) is 16.6. The molecule has 0 radical (unpaired) electrons. The van der Waals surface area contributed by atoms with Gasteiger partial charge in [0, 0.05) is 0 Å². The normalized spacial score (nSPS) is 15.6. The Morgan fingerprint density at radius 3 is 1.79 bits per heavy atom. The van der Waals surface area contributed by atoms with Crippen molar-refractivity contribution in [2.24, 2.45) is 16.7 Å². The molecule has 0 saturated carbocycles. The van der Waals surface area contributed by atoms with Crippen LogP contribution < -0.4 is 0 Å². The number of rotatable bonds is 5. The molecule has 0 heteroatoms. The average Bonchev–Trinajstić information content (AvgIpc) is 1.98. The molecule has 1 atom stereocenters. The van der Waals surface area contributed by atoms with Crippen LogP contribution >= 0.6 is 0 Å². The third-order valence-electron chi connectivity index (χ3n) is 3.56. The highest BCUT2D eigenvalue weighted by molar-refractivity contribution is 4.76. The lowest BCUT2D eigenvalue weighted by atomic mass is 9.72. The van der Waals surface area contributed by atoms with Gasteiger partial charge in [-0.25, -0.2) is 0 Å². The Balaban J connectivity index is 4.00. The van der Waals surface area contributed by atoms with Crippen molar-refractivity contribution in [3.05, 3.63) is 0 Å². The van der Waals surface area contributed by atoms with Gasteiger partial charge < -0.3 is 0 Å². The molecule has 0 spiro atoms. The minimum Gasteiger partial charge on any atom is -0.0654 e.